The van der Waals surface area contributed by atoms with Crippen molar-refractivity contribution in [3.05, 3.63) is 77.0 Å². The first-order valence-electron chi connectivity index (χ1n) is 15.3. The van der Waals surface area contributed by atoms with Gasteiger partial charge in [-0.2, -0.15) is 0 Å². The van der Waals surface area contributed by atoms with E-state index in [9.17, 15) is 22.8 Å². The quantitative estimate of drug-likeness (QED) is 0.205. The number of para-hydroxylation sites is 1. The molecule has 3 rings (SSSR count). The van der Waals surface area contributed by atoms with Crippen LogP contribution in [-0.2, 0) is 41.9 Å². The van der Waals surface area contributed by atoms with E-state index in [0.717, 1.165) is 11.1 Å². The molecule has 0 saturated heterocycles. The highest BCUT2D eigenvalue weighted by Crippen LogP contribution is 2.32. The van der Waals surface area contributed by atoms with Gasteiger partial charge < -0.3 is 14.8 Å². The number of allylic oxidation sites excluding steroid dienone is 2. The average Bonchev–Trinajstić information content (AvgIpc) is 3.28. The minimum Gasteiger partial charge on any atom is -0.467 e. The highest BCUT2D eigenvalue weighted by Gasteiger charge is 2.36. The van der Waals surface area contributed by atoms with Crippen LogP contribution in [0.25, 0.3) is 10.9 Å². The van der Waals surface area contributed by atoms with Gasteiger partial charge in [0.1, 0.15) is 17.7 Å². The largest absolute Gasteiger partial charge is 0.467 e. The van der Waals surface area contributed by atoms with Gasteiger partial charge in [0.15, 0.2) is 0 Å². The third-order valence-corrected chi connectivity index (χ3v) is 9.28. The molecule has 46 heavy (non-hydrogen) atoms. The molecule has 11 heteroatoms. The molecule has 0 spiro atoms. The monoisotopic (exact) mass is 653 g/mol. The summed E-state index contributed by atoms with van der Waals surface area (Å²) in [5.41, 5.74) is 2.65. The molecule has 250 valence electrons. The number of esters is 1. The molecule has 10 nitrogen and oxygen atoms in total. The Labute approximate surface area is 272 Å². The van der Waals surface area contributed by atoms with Crippen LogP contribution in [0.15, 0.2) is 65.1 Å². The first-order chi connectivity index (χ1) is 21.4. The molecule has 0 aliphatic carbocycles. The van der Waals surface area contributed by atoms with Crippen molar-refractivity contribution in [2.45, 2.75) is 90.8 Å². The summed E-state index contributed by atoms with van der Waals surface area (Å²) >= 11 is 0. The average molecular weight is 654 g/mol. The lowest BCUT2D eigenvalue weighted by molar-refractivity contribution is -0.145. The molecular weight excluding hydrogens is 606 g/mol. The molecule has 3 aromatic rings. The smallest absolute Gasteiger partial charge is 0.410 e. The Hall–Kier alpha value is -4.12. The van der Waals surface area contributed by atoms with Gasteiger partial charge in [-0.15, -0.1) is 0 Å². The minimum atomic E-state index is -4.06. The highest BCUT2D eigenvalue weighted by molar-refractivity contribution is 7.90. The molecule has 2 aromatic carbocycles. The lowest BCUT2D eigenvalue weighted by atomic mass is 9.98. The Morgan fingerprint density at radius 1 is 1.02 bits per heavy atom. The van der Waals surface area contributed by atoms with E-state index in [2.05, 4.69) is 5.32 Å². The number of aryl methyl sites for hydroxylation is 1. The van der Waals surface area contributed by atoms with Crippen LogP contribution in [-0.4, -0.2) is 67.1 Å². The summed E-state index contributed by atoms with van der Waals surface area (Å²) in [5.74, 6) is -1.60. The third kappa shape index (κ3) is 8.37. The summed E-state index contributed by atoms with van der Waals surface area (Å²) in [6.45, 7) is 14.5. The number of ether oxygens (including phenoxy) is 2. The predicted molar refractivity (Wildman–Crippen MR) is 179 cm³/mol. The number of carbonyl (C=O) groups excluding carboxylic acids is 3. The van der Waals surface area contributed by atoms with Crippen molar-refractivity contribution in [3.63, 3.8) is 0 Å². The van der Waals surface area contributed by atoms with Gasteiger partial charge in [-0.1, -0.05) is 61.4 Å². The number of hydrogen-bond donors (Lipinski definition) is 1. The number of aromatic nitrogens is 1. The van der Waals surface area contributed by atoms with Crippen LogP contribution in [0, 0.1) is 12.8 Å². The zero-order valence-corrected chi connectivity index (χ0v) is 29.3. The Balaban J connectivity index is 2.16. The number of nitrogens with zero attached hydrogens (tertiary/aromatic N) is 2. The Morgan fingerprint density at radius 3 is 2.17 bits per heavy atom. The Bertz CT molecular complexity index is 1710. The van der Waals surface area contributed by atoms with Gasteiger partial charge in [0, 0.05) is 31.0 Å². The van der Waals surface area contributed by atoms with E-state index in [1.54, 1.807) is 83.1 Å². The van der Waals surface area contributed by atoms with Crippen molar-refractivity contribution >= 4 is 38.9 Å². The van der Waals surface area contributed by atoms with Crippen LogP contribution in [0.5, 0.6) is 0 Å². The topological polar surface area (TPSA) is 124 Å². The van der Waals surface area contributed by atoms with Gasteiger partial charge in [-0.05, 0) is 71.2 Å². The van der Waals surface area contributed by atoms with Gasteiger partial charge in [0.25, 0.3) is 10.0 Å². The van der Waals surface area contributed by atoms with Crippen molar-refractivity contribution < 1.29 is 32.3 Å². The van der Waals surface area contributed by atoms with E-state index < -0.39 is 45.7 Å². The predicted octanol–water partition coefficient (Wildman–Crippen LogP) is 5.79. The number of nitrogens with one attached hydrogen (secondary N) is 1. The fourth-order valence-corrected chi connectivity index (χ4v) is 6.91. The van der Waals surface area contributed by atoms with Crippen molar-refractivity contribution in [3.8, 4) is 0 Å². The maximum Gasteiger partial charge on any atom is 0.410 e. The number of rotatable bonds is 11. The van der Waals surface area contributed by atoms with Gasteiger partial charge in [0.2, 0.25) is 5.91 Å². The minimum absolute atomic E-state index is 0.0533. The Kier molecular flexibility index (Phi) is 11.5. The number of benzene rings is 2. The normalized spacial score (nSPS) is 13.2. The third-order valence-electron chi connectivity index (χ3n) is 7.51. The van der Waals surface area contributed by atoms with E-state index in [0.29, 0.717) is 22.2 Å². The molecule has 1 heterocycles. The molecule has 0 bridgehead atoms. The van der Waals surface area contributed by atoms with E-state index in [4.69, 9.17) is 9.47 Å². The molecule has 2 atom stereocenters. The molecule has 1 N–H and O–H groups in total. The van der Waals surface area contributed by atoms with Crippen LogP contribution in [0.2, 0.25) is 0 Å². The maximum atomic E-state index is 14.2. The van der Waals surface area contributed by atoms with Crippen LogP contribution in [0.3, 0.4) is 0 Å². The molecule has 2 amide bonds. The molecule has 0 aliphatic heterocycles. The summed E-state index contributed by atoms with van der Waals surface area (Å²) in [4.78, 5) is 41.3. The van der Waals surface area contributed by atoms with Crippen molar-refractivity contribution in [1.29, 1.82) is 0 Å². The molecular formula is C35H47N3O7S. The first kappa shape index (κ1) is 36.3. The van der Waals surface area contributed by atoms with Gasteiger partial charge in [-0.25, -0.2) is 22.0 Å². The van der Waals surface area contributed by atoms with E-state index >= 15 is 0 Å². The van der Waals surface area contributed by atoms with Crippen molar-refractivity contribution in [2.75, 3.05) is 14.2 Å². The maximum absolute atomic E-state index is 14.2. The fraction of sp³-hybridized carbons (Fsp3) is 0.457. The number of amides is 2. The van der Waals surface area contributed by atoms with Crippen molar-refractivity contribution in [2.24, 2.45) is 5.92 Å². The van der Waals surface area contributed by atoms with Crippen LogP contribution < -0.4 is 5.32 Å². The zero-order chi connectivity index (χ0) is 34.6. The number of hydrogen-bond acceptors (Lipinski definition) is 7. The highest BCUT2D eigenvalue weighted by atomic mass is 32.2. The second kappa shape index (κ2) is 14.5. The lowest BCUT2D eigenvalue weighted by Crippen LogP contribution is -2.55. The summed E-state index contributed by atoms with van der Waals surface area (Å²) in [6, 6.07) is 11.6. The molecule has 0 aliphatic rings. The van der Waals surface area contributed by atoms with Gasteiger partial charge in [0.05, 0.1) is 17.5 Å². The molecule has 0 radical (unpaired) electrons. The van der Waals surface area contributed by atoms with E-state index in [1.165, 1.54) is 23.0 Å². The molecule has 0 unspecified atom stereocenters. The molecule has 0 saturated carbocycles. The van der Waals surface area contributed by atoms with Gasteiger partial charge >= 0.3 is 12.1 Å². The zero-order valence-electron chi connectivity index (χ0n) is 28.5. The second-order valence-electron chi connectivity index (χ2n) is 13.1. The van der Waals surface area contributed by atoms with Crippen LogP contribution >= 0.6 is 0 Å². The molecule has 0 fully saturated rings. The SMILES string of the molecule is COC(=O)[C@H](Cc1c(CC=C(C)C)n(S(=O)(=O)c2ccc(C)cc2)c2ccccc12)NC(=O)[C@H](C(C)C)N(C)C(=O)OC(C)(C)C. The fourth-order valence-electron chi connectivity index (χ4n) is 5.32. The van der Waals surface area contributed by atoms with Crippen molar-refractivity contribution in [1.82, 2.24) is 14.2 Å². The molecule has 1 aromatic heterocycles. The second-order valence-corrected chi connectivity index (χ2v) is 14.9. The Morgan fingerprint density at radius 2 is 1.63 bits per heavy atom. The summed E-state index contributed by atoms with van der Waals surface area (Å²) < 4.78 is 40.4. The lowest BCUT2D eigenvalue weighted by Gasteiger charge is -2.33. The van der Waals surface area contributed by atoms with Crippen LogP contribution in [0.4, 0.5) is 4.79 Å². The summed E-state index contributed by atoms with van der Waals surface area (Å²) in [5, 5.41) is 3.43. The van der Waals surface area contributed by atoms with E-state index in [-0.39, 0.29) is 23.7 Å². The summed E-state index contributed by atoms with van der Waals surface area (Å²) in [6.07, 6.45) is 1.46. The standard InChI is InChI=1S/C35H47N3O7S/c1-22(2)15-20-30-27(26-13-11-12-14-29(26)38(30)46(42,43)25-18-16-24(5)17-19-25)21-28(33(40)44-10)36-32(39)31(23(3)4)37(9)34(41)45-35(6,7)8/h11-19,23,28,31H,20-21H2,1-10H3,(H,36,39)/t28-,31-/m0/s1. The number of carbonyl (C=O) groups is 3. The van der Waals surface area contributed by atoms with Gasteiger partial charge in [-0.3, -0.25) is 9.69 Å². The van der Waals surface area contributed by atoms with E-state index in [1.807, 2.05) is 26.8 Å². The number of methoxy groups -OCH3 is 1. The number of likely N-dealkylation sites (N-methyl/N-ethyl adjacent to an activating group) is 1. The number of fused-ring (bicyclic) bond motifs is 1. The summed E-state index contributed by atoms with van der Waals surface area (Å²) in [7, 11) is -1.36. The van der Waals surface area contributed by atoms with Crippen LogP contribution in [0.1, 0.15) is 65.3 Å². The first-order valence-corrected chi connectivity index (χ1v) is 16.7.